The molecule has 0 spiro atoms. The van der Waals surface area contributed by atoms with E-state index < -0.39 is 0 Å². The topological polar surface area (TPSA) is 35.2 Å². The van der Waals surface area contributed by atoms with Crippen LogP contribution in [0.5, 0.6) is 0 Å². The monoisotopic (exact) mass is 181 g/mol. The van der Waals surface area contributed by atoms with Crippen LogP contribution < -0.4 is 5.73 Å². The van der Waals surface area contributed by atoms with E-state index in [1.807, 2.05) is 0 Å². The molecule has 0 radical (unpaired) electrons. The summed E-state index contributed by atoms with van der Waals surface area (Å²) in [7, 11) is 0. The molecule has 0 aliphatic carbocycles. The molecule has 1 aliphatic heterocycles. The molecule has 0 bridgehead atoms. The van der Waals surface area contributed by atoms with Gasteiger partial charge in [0.15, 0.2) is 0 Å². The summed E-state index contributed by atoms with van der Waals surface area (Å²) < 4.78 is 17.8. The molecule has 3 heteroatoms. The molecule has 1 saturated heterocycles. The molecule has 0 unspecified atom stereocenters. The van der Waals surface area contributed by atoms with Crippen LogP contribution in [0.15, 0.2) is 24.3 Å². The van der Waals surface area contributed by atoms with Crippen LogP contribution in [0.3, 0.4) is 0 Å². The third kappa shape index (κ3) is 1.34. The van der Waals surface area contributed by atoms with Crippen LogP contribution in [0.1, 0.15) is 5.56 Å². The summed E-state index contributed by atoms with van der Waals surface area (Å²) in [4.78, 5) is 0. The van der Waals surface area contributed by atoms with Crippen LogP contribution in [-0.4, -0.2) is 19.8 Å². The minimum atomic E-state index is -0.212. The molecule has 1 aromatic rings. The van der Waals surface area contributed by atoms with E-state index >= 15 is 0 Å². The van der Waals surface area contributed by atoms with Crippen LogP contribution in [0.25, 0.3) is 0 Å². The third-order valence-electron chi connectivity index (χ3n) is 2.60. The predicted molar refractivity (Wildman–Crippen MR) is 48.0 cm³/mol. The van der Waals surface area contributed by atoms with Gasteiger partial charge >= 0.3 is 0 Å². The summed E-state index contributed by atoms with van der Waals surface area (Å²) >= 11 is 0. The van der Waals surface area contributed by atoms with Gasteiger partial charge in [0.05, 0.1) is 18.6 Å². The third-order valence-corrected chi connectivity index (χ3v) is 2.60. The lowest BCUT2D eigenvalue weighted by Gasteiger charge is -2.40. The van der Waals surface area contributed by atoms with E-state index in [1.54, 1.807) is 12.1 Å². The van der Waals surface area contributed by atoms with Gasteiger partial charge in [-0.15, -0.1) is 0 Å². The molecule has 0 atom stereocenters. The first-order valence-electron chi connectivity index (χ1n) is 4.31. The van der Waals surface area contributed by atoms with Gasteiger partial charge in [-0.25, -0.2) is 4.39 Å². The minimum absolute atomic E-state index is 0.0618. The van der Waals surface area contributed by atoms with E-state index in [1.165, 1.54) is 12.1 Å². The van der Waals surface area contributed by atoms with Gasteiger partial charge in [0.1, 0.15) is 5.82 Å². The average Bonchev–Trinajstić information content (AvgIpc) is 2.07. The zero-order valence-electron chi connectivity index (χ0n) is 7.29. The van der Waals surface area contributed by atoms with E-state index in [2.05, 4.69) is 0 Å². The lowest BCUT2D eigenvalue weighted by Crippen LogP contribution is -2.52. The van der Waals surface area contributed by atoms with Crippen LogP contribution in [0, 0.1) is 5.82 Å². The fourth-order valence-electron chi connectivity index (χ4n) is 1.55. The number of nitrogens with two attached hydrogens (primary N) is 1. The number of hydrogen-bond donors (Lipinski definition) is 1. The lowest BCUT2D eigenvalue weighted by atomic mass is 9.79. The predicted octanol–water partition coefficient (Wildman–Crippen LogP) is 1.05. The number of halogens is 1. The standard InChI is InChI=1S/C10H12FNO/c11-9-3-1-8(2-4-9)10(5-12)6-13-7-10/h1-4H,5-7,12H2. The van der Waals surface area contributed by atoms with E-state index in [0.717, 1.165) is 5.56 Å². The second kappa shape index (κ2) is 3.09. The Labute approximate surface area is 76.5 Å². The Morgan fingerprint density at radius 3 is 2.31 bits per heavy atom. The smallest absolute Gasteiger partial charge is 0.123 e. The van der Waals surface area contributed by atoms with E-state index in [0.29, 0.717) is 19.8 Å². The summed E-state index contributed by atoms with van der Waals surface area (Å²) in [5.41, 5.74) is 6.68. The van der Waals surface area contributed by atoms with Crippen molar-refractivity contribution in [3.8, 4) is 0 Å². The van der Waals surface area contributed by atoms with Crippen molar-refractivity contribution < 1.29 is 9.13 Å². The molecule has 0 amide bonds. The maximum absolute atomic E-state index is 12.6. The Bertz CT molecular complexity index is 287. The molecule has 1 aliphatic rings. The molecule has 70 valence electrons. The number of rotatable bonds is 2. The summed E-state index contributed by atoms with van der Waals surface area (Å²) in [5, 5.41) is 0. The molecular weight excluding hydrogens is 169 g/mol. The van der Waals surface area contributed by atoms with Gasteiger partial charge in [0.25, 0.3) is 0 Å². The Morgan fingerprint density at radius 2 is 1.92 bits per heavy atom. The van der Waals surface area contributed by atoms with Gasteiger partial charge in [-0.3, -0.25) is 0 Å². The van der Waals surface area contributed by atoms with Gasteiger partial charge in [-0.05, 0) is 17.7 Å². The summed E-state index contributed by atoms with van der Waals surface area (Å²) in [6, 6.07) is 6.49. The van der Waals surface area contributed by atoms with Crippen molar-refractivity contribution in [2.24, 2.45) is 5.73 Å². The van der Waals surface area contributed by atoms with Gasteiger partial charge in [-0.1, -0.05) is 12.1 Å². The number of hydrogen-bond acceptors (Lipinski definition) is 2. The van der Waals surface area contributed by atoms with Crippen LogP contribution in [0.2, 0.25) is 0 Å². The van der Waals surface area contributed by atoms with Crippen molar-refractivity contribution in [3.63, 3.8) is 0 Å². The highest BCUT2D eigenvalue weighted by Crippen LogP contribution is 2.31. The van der Waals surface area contributed by atoms with Crippen molar-refractivity contribution in [1.29, 1.82) is 0 Å². The Hall–Kier alpha value is -0.930. The second-order valence-corrected chi connectivity index (χ2v) is 3.48. The zero-order valence-corrected chi connectivity index (χ0v) is 7.29. The first-order chi connectivity index (χ1) is 6.27. The van der Waals surface area contributed by atoms with E-state index in [4.69, 9.17) is 10.5 Å². The highest BCUT2D eigenvalue weighted by molar-refractivity contribution is 5.28. The molecule has 1 heterocycles. The number of benzene rings is 1. The minimum Gasteiger partial charge on any atom is -0.379 e. The molecule has 2 rings (SSSR count). The molecule has 13 heavy (non-hydrogen) atoms. The van der Waals surface area contributed by atoms with Gasteiger partial charge in [0.2, 0.25) is 0 Å². The normalized spacial score (nSPS) is 19.5. The Kier molecular flexibility index (Phi) is 2.06. The van der Waals surface area contributed by atoms with E-state index in [9.17, 15) is 4.39 Å². The molecule has 0 saturated carbocycles. The first kappa shape index (κ1) is 8.66. The van der Waals surface area contributed by atoms with E-state index in [-0.39, 0.29) is 11.2 Å². The molecule has 1 aromatic carbocycles. The van der Waals surface area contributed by atoms with Gasteiger partial charge in [-0.2, -0.15) is 0 Å². The van der Waals surface area contributed by atoms with Crippen molar-refractivity contribution in [2.75, 3.05) is 19.8 Å². The highest BCUT2D eigenvalue weighted by atomic mass is 19.1. The number of ether oxygens (including phenoxy) is 1. The lowest BCUT2D eigenvalue weighted by molar-refractivity contribution is -0.0550. The maximum atomic E-state index is 12.6. The SMILES string of the molecule is NCC1(c2ccc(F)cc2)COC1. The van der Waals surface area contributed by atoms with Gasteiger partial charge in [0, 0.05) is 6.54 Å². The maximum Gasteiger partial charge on any atom is 0.123 e. The Morgan fingerprint density at radius 1 is 1.31 bits per heavy atom. The Balaban J connectivity index is 2.28. The van der Waals surface area contributed by atoms with Crippen molar-refractivity contribution >= 4 is 0 Å². The summed E-state index contributed by atoms with van der Waals surface area (Å²) in [5.74, 6) is -0.212. The summed E-state index contributed by atoms with van der Waals surface area (Å²) in [6.45, 7) is 1.85. The molecule has 1 fully saturated rings. The van der Waals surface area contributed by atoms with Crippen molar-refractivity contribution in [1.82, 2.24) is 0 Å². The second-order valence-electron chi connectivity index (χ2n) is 3.48. The zero-order chi connectivity index (χ0) is 9.31. The molecule has 2 N–H and O–H groups in total. The van der Waals surface area contributed by atoms with Crippen LogP contribution in [0.4, 0.5) is 4.39 Å². The van der Waals surface area contributed by atoms with Crippen LogP contribution >= 0.6 is 0 Å². The van der Waals surface area contributed by atoms with Crippen LogP contribution in [-0.2, 0) is 10.2 Å². The fraction of sp³-hybridized carbons (Fsp3) is 0.400. The highest BCUT2D eigenvalue weighted by Gasteiger charge is 2.38. The average molecular weight is 181 g/mol. The quantitative estimate of drug-likeness (QED) is 0.740. The fourth-order valence-corrected chi connectivity index (χ4v) is 1.55. The van der Waals surface area contributed by atoms with Crippen molar-refractivity contribution in [3.05, 3.63) is 35.6 Å². The summed E-state index contributed by atoms with van der Waals surface area (Å²) in [6.07, 6.45) is 0. The largest absolute Gasteiger partial charge is 0.379 e. The first-order valence-corrected chi connectivity index (χ1v) is 4.31. The van der Waals surface area contributed by atoms with Crippen molar-refractivity contribution in [2.45, 2.75) is 5.41 Å². The molecule has 0 aromatic heterocycles. The van der Waals surface area contributed by atoms with Gasteiger partial charge < -0.3 is 10.5 Å². The molecular formula is C10H12FNO. The molecule has 2 nitrogen and oxygen atoms in total.